The summed E-state index contributed by atoms with van der Waals surface area (Å²) in [5, 5.41) is 0.896. The van der Waals surface area contributed by atoms with E-state index >= 15 is 0 Å². The number of morpholine rings is 1. The van der Waals surface area contributed by atoms with Gasteiger partial charge in [0.05, 0.1) is 13.2 Å². The van der Waals surface area contributed by atoms with Gasteiger partial charge in [-0.1, -0.05) is 30.1 Å². The highest BCUT2D eigenvalue weighted by Gasteiger charge is 2.17. The number of halogens is 2. The van der Waals surface area contributed by atoms with Crippen LogP contribution in [0, 0.1) is 0 Å². The average molecular weight is 262 g/mol. The number of anilines is 1. The minimum Gasteiger partial charge on any atom is -0.378 e. The van der Waals surface area contributed by atoms with E-state index < -0.39 is 0 Å². The summed E-state index contributed by atoms with van der Waals surface area (Å²) in [6.07, 6.45) is 0.737. The van der Waals surface area contributed by atoms with E-state index in [-0.39, 0.29) is 0 Å². The normalized spacial score (nSPS) is 16.6. The molecule has 0 N–H and O–H groups in total. The van der Waals surface area contributed by atoms with Gasteiger partial charge in [0.25, 0.3) is 0 Å². The minimum absolute atomic E-state index is 0.448. The summed E-state index contributed by atoms with van der Waals surface area (Å²) in [7, 11) is 0. The Balaban J connectivity index is 2.28. The number of rotatable bonds is 2. The Morgan fingerprint density at radius 3 is 2.25 bits per heavy atom. The van der Waals surface area contributed by atoms with E-state index in [1.807, 2.05) is 11.8 Å². The minimum atomic E-state index is 0.448. The van der Waals surface area contributed by atoms with Gasteiger partial charge in [0.1, 0.15) is 10.3 Å². The van der Waals surface area contributed by atoms with Gasteiger partial charge in [-0.05, 0) is 6.42 Å². The largest absolute Gasteiger partial charge is 0.378 e. The van der Waals surface area contributed by atoms with Crippen molar-refractivity contribution in [1.82, 2.24) is 9.97 Å². The van der Waals surface area contributed by atoms with E-state index in [9.17, 15) is 0 Å². The van der Waals surface area contributed by atoms with Crippen molar-refractivity contribution < 1.29 is 4.74 Å². The van der Waals surface area contributed by atoms with Crippen molar-refractivity contribution in [2.75, 3.05) is 31.2 Å². The van der Waals surface area contributed by atoms with Gasteiger partial charge in [-0.15, -0.1) is 0 Å². The van der Waals surface area contributed by atoms with Gasteiger partial charge in [0.2, 0.25) is 5.95 Å². The summed E-state index contributed by atoms with van der Waals surface area (Å²) in [5.74, 6) is 0.593. The van der Waals surface area contributed by atoms with E-state index in [0.29, 0.717) is 29.5 Å². The van der Waals surface area contributed by atoms with Gasteiger partial charge in [0, 0.05) is 18.7 Å². The molecule has 0 unspecified atom stereocenters. The summed E-state index contributed by atoms with van der Waals surface area (Å²) in [5.41, 5.74) is 0.806. The summed E-state index contributed by atoms with van der Waals surface area (Å²) in [6, 6.07) is 0. The predicted octanol–water partition coefficient (Wildman–Crippen LogP) is 2.18. The van der Waals surface area contributed by atoms with Crippen LogP contribution in [0.4, 0.5) is 5.95 Å². The third-order valence-corrected chi connectivity index (χ3v) is 3.17. The molecule has 1 aromatic heterocycles. The average Bonchev–Trinajstić information content (AvgIpc) is 2.30. The standard InChI is InChI=1S/C10H13Cl2N3O/c1-2-7-8(11)13-10(14-9(7)12)15-3-5-16-6-4-15/h2-6H2,1H3. The van der Waals surface area contributed by atoms with Gasteiger partial charge in [-0.3, -0.25) is 0 Å². The monoisotopic (exact) mass is 261 g/mol. The molecular weight excluding hydrogens is 249 g/mol. The van der Waals surface area contributed by atoms with Crippen LogP contribution in [0.2, 0.25) is 10.3 Å². The Labute approximate surface area is 105 Å². The fourth-order valence-corrected chi connectivity index (χ4v) is 2.26. The summed E-state index contributed by atoms with van der Waals surface area (Å²) in [4.78, 5) is 10.6. The maximum Gasteiger partial charge on any atom is 0.228 e. The highest BCUT2D eigenvalue weighted by atomic mass is 35.5. The first-order valence-electron chi connectivity index (χ1n) is 5.27. The maximum atomic E-state index is 6.06. The molecule has 16 heavy (non-hydrogen) atoms. The molecule has 6 heteroatoms. The zero-order chi connectivity index (χ0) is 11.5. The van der Waals surface area contributed by atoms with Crippen molar-refractivity contribution in [3.05, 3.63) is 15.9 Å². The van der Waals surface area contributed by atoms with Crippen LogP contribution in [0.5, 0.6) is 0 Å². The lowest BCUT2D eigenvalue weighted by molar-refractivity contribution is 0.122. The van der Waals surface area contributed by atoms with Crippen molar-refractivity contribution in [3.8, 4) is 0 Å². The number of ether oxygens (including phenoxy) is 1. The zero-order valence-electron chi connectivity index (χ0n) is 9.04. The van der Waals surface area contributed by atoms with Crippen molar-refractivity contribution in [2.24, 2.45) is 0 Å². The molecule has 0 radical (unpaired) electrons. The van der Waals surface area contributed by atoms with E-state index in [2.05, 4.69) is 9.97 Å². The number of aromatic nitrogens is 2. The molecule has 0 aromatic carbocycles. The van der Waals surface area contributed by atoms with Gasteiger partial charge in [-0.2, -0.15) is 0 Å². The molecule has 2 heterocycles. The molecule has 1 aliphatic rings. The van der Waals surface area contributed by atoms with E-state index in [4.69, 9.17) is 27.9 Å². The fourth-order valence-electron chi connectivity index (χ4n) is 1.62. The van der Waals surface area contributed by atoms with Crippen LogP contribution in [0.3, 0.4) is 0 Å². The molecule has 0 aliphatic carbocycles. The topological polar surface area (TPSA) is 38.2 Å². The molecule has 0 atom stereocenters. The lowest BCUT2D eigenvalue weighted by atomic mass is 10.3. The molecule has 0 amide bonds. The zero-order valence-corrected chi connectivity index (χ0v) is 10.6. The van der Waals surface area contributed by atoms with Crippen LogP contribution in [-0.4, -0.2) is 36.3 Å². The molecule has 1 aliphatic heterocycles. The van der Waals surface area contributed by atoms with Crippen molar-refractivity contribution >= 4 is 29.2 Å². The Morgan fingerprint density at radius 2 is 1.75 bits per heavy atom. The van der Waals surface area contributed by atoms with Crippen LogP contribution in [-0.2, 0) is 11.2 Å². The molecule has 0 spiro atoms. The van der Waals surface area contributed by atoms with Crippen molar-refractivity contribution in [1.29, 1.82) is 0 Å². The molecule has 4 nitrogen and oxygen atoms in total. The van der Waals surface area contributed by atoms with Crippen molar-refractivity contribution in [2.45, 2.75) is 13.3 Å². The first-order chi connectivity index (χ1) is 7.72. The molecule has 0 bridgehead atoms. The third-order valence-electron chi connectivity index (χ3n) is 2.54. The SMILES string of the molecule is CCc1c(Cl)nc(N2CCOCC2)nc1Cl. The molecule has 0 saturated carbocycles. The number of hydrogen-bond acceptors (Lipinski definition) is 4. The smallest absolute Gasteiger partial charge is 0.228 e. The van der Waals surface area contributed by atoms with Gasteiger partial charge >= 0.3 is 0 Å². The molecule has 1 saturated heterocycles. The maximum absolute atomic E-state index is 6.06. The molecule has 1 aromatic rings. The van der Waals surface area contributed by atoms with Crippen LogP contribution in [0.25, 0.3) is 0 Å². The third kappa shape index (κ3) is 2.39. The second kappa shape index (κ2) is 5.17. The van der Waals surface area contributed by atoms with E-state index in [1.165, 1.54) is 0 Å². The van der Waals surface area contributed by atoms with E-state index in [1.54, 1.807) is 0 Å². The second-order valence-corrected chi connectivity index (χ2v) is 4.25. The van der Waals surface area contributed by atoms with Gasteiger partial charge < -0.3 is 9.64 Å². The van der Waals surface area contributed by atoms with Gasteiger partial charge in [-0.25, -0.2) is 9.97 Å². The fraction of sp³-hybridized carbons (Fsp3) is 0.600. The second-order valence-electron chi connectivity index (χ2n) is 3.54. The lowest BCUT2D eigenvalue weighted by Gasteiger charge is -2.27. The Kier molecular flexibility index (Phi) is 3.84. The number of nitrogens with zero attached hydrogens (tertiary/aromatic N) is 3. The summed E-state index contributed by atoms with van der Waals surface area (Å²) >= 11 is 12.1. The molecule has 2 rings (SSSR count). The van der Waals surface area contributed by atoms with Crippen molar-refractivity contribution in [3.63, 3.8) is 0 Å². The predicted molar refractivity (Wildman–Crippen MR) is 64.5 cm³/mol. The Bertz CT molecular complexity index is 357. The molecule has 1 fully saturated rings. The Morgan fingerprint density at radius 1 is 1.19 bits per heavy atom. The quantitative estimate of drug-likeness (QED) is 0.766. The molecule has 88 valence electrons. The van der Waals surface area contributed by atoms with Gasteiger partial charge in [0.15, 0.2) is 0 Å². The first kappa shape index (κ1) is 11.9. The van der Waals surface area contributed by atoms with Crippen LogP contribution in [0.1, 0.15) is 12.5 Å². The van der Waals surface area contributed by atoms with Crippen LogP contribution >= 0.6 is 23.2 Å². The highest BCUT2D eigenvalue weighted by Crippen LogP contribution is 2.24. The highest BCUT2D eigenvalue weighted by molar-refractivity contribution is 6.34. The van der Waals surface area contributed by atoms with Crippen LogP contribution in [0.15, 0.2) is 0 Å². The first-order valence-corrected chi connectivity index (χ1v) is 6.02. The summed E-state index contributed by atoms with van der Waals surface area (Å²) < 4.78 is 5.26. The van der Waals surface area contributed by atoms with E-state index in [0.717, 1.165) is 25.1 Å². The van der Waals surface area contributed by atoms with Crippen LogP contribution < -0.4 is 4.90 Å². The number of hydrogen-bond donors (Lipinski definition) is 0. The lowest BCUT2D eigenvalue weighted by Crippen LogP contribution is -2.37. The summed E-state index contributed by atoms with van der Waals surface area (Å²) in [6.45, 7) is 4.91. The molecular formula is C10H13Cl2N3O. The Hall–Kier alpha value is -0.580.